The Bertz CT molecular complexity index is 391. The highest BCUT2D eigenvalue weighted by molar-refractivity contribution is 5.56. The van der Waals surface area contributed by atoms with E-state index < -0.39 is 4.92 Å². The van der Waals surface area contributed by atoms with Gasteiger partial charge in [0.05, 0.1) is 0 Å². The van der Waals surface area contributed by atoms with Gasteiger partial charge in [-0.05, 0) is 53.9 Å². The molecule has 0 amide bonds. The van der Waals surface area contributed by atoms with E-state index in [9.17, 15) is 10.1 Å². The molecule has 6 heteroatoms. The summed E-state index contributed by atoms with van der Waals surface area (Å²) in [7, 11) is 0. The molecule has 92 valence electrons. The number of hydrogen-bond donors (Lipinski definition) is 2. The van der Waals surface area contributed by atoms with E-state index >= 15 is 0 Å². The first-order valence-corrected chi connectivity index (χ1v) is 5.81. The zero-order chi connectivity index (χ0) is 12.1. The van der Waals surface area contributed by atoms with Crippen LogP contribution in [-0.2, 0) is 0 Å². The van der Waals surface area contributed by atoms with E-state index in [4.69, 9.17) is 0 Å². The van der Waals surface area contributed by atoms with Crippen molar-refractivity contribution in [2.45, 2.75) is 12.8 Å². The minimum absolute atomic E-state index is 0.0959. The number of aromatic nitrogens is 1. The highest BCUT2D eigenvalue weighted by Crippen LogP contribution is 2.21. The van der Waals surface area contributed by atoms with Crippen LogP contribution in [-0.4, -0.2) is 29.5 Å². The van der Waals surface area contributed by atoms with E-state index in [1.54, 1.807) is 12.1 Å². The van der Waals surface area contributed by atoms with Gasteiger partial charge in [0.1, 0.15) is 11.9 Å². The fourth-order valence-corrected chi connectivity index (χ4v) is 2.02. The van der Waals surface area contributed by atoms with E-state index in [1.807, 2.05) is 0 Å². The monoisotopic (exact) mass is 236 g/mol. The number of rotatable bonds is 4. The largest absolute Gasteiger partial charge is 0.386 e. The van der Waals surface area contributed by atoms with Gasteiger partial charge in [-0.15, -0.1) is 0 Å². The van der Waals surface area contributed by atoms with Crippen LogP contribution < -0.4 is 10.6 Å². The molecule has 2 rings (SSSR count). The smallest absolute Gasteiger partial charge is 0.378 e. The topological polar surface area (TPSA) is 80.1 Å². The lowest BCUT2D eigenvalue weighted by atomic mass is 9.98. The van der Waals surface area contributed by atoms with Gasteiger partial charge in [0, 0.05) is 6.54 Å². The van der Waals surface area contributed by atoms with Gasteiger partial charge in [-0.25, -0.2) is 0 Å². The molecule has 0 radical (unpaired) electrons. The Hall–Kier alpha value is -1.69. The normalized spacial score (nSPS) is 16.7. The predicted molar refractivity (Wildman–Crippen MR) is 65.0 cm³/mol. The van der Waals surface area contributed by atoms with Gasteiger partial charge in [0.15, 0.2) is 0 Å². The molecule has 2 N–H and O–H groups in total. The van der Waals surface area contributed by atoms with Crippen molar-refractivity contribution in [3.63, 3.8) is 0 Å². The van der Waals surface area contributed by atoms with Gasteiger partial charge in [0.2, 0.25) is 0 Å². The van der Waals surface area contributed by atoms with Crippen LogP contribution in [0.1, 0.15) is 12.8 Å². The average Bonchev–Trinajstić information content (AvgIpc) is 2.38. The summed E-state index contributed by atoms with van der Waals surface area (Å²) in [5.41, 5.74) is 0.510. The fourth-order valence-electron chi connectivity index (χ4n) is 2.02. The summed E-state index contributed by atoms with van der Waals surface area (Å²) in [6, 6.07) is 3.41. The van der Waals surface area contributed by atoms with Crippen molar-refractivity contribution < 1.29 is 4.92 Å². The summed E-state index contributed by atoms with van der Waals surface area (Å²) in [4.78, 5) is 14.1. The summed E-state index contributed by atoms with van der Waals surface area (Å²) in [6.07, 6.45) is 3.66. The van der Waals surface area contributed by atoms with Gasteiger partial charge in [-0.1, -0.05) is 0 Å². The van der Waals surface area contributed by atoms with Crippen molar-refractivity contribution in [3.05, 3.63) is 28.4 Å². The molecule has 1 saturated heterocycles. The Balaban J connectivity index is 1.96. The first-order chi connectivity index (χ1) is 8.27. The lowest BCUT2D eigenvalue weighted by Crippen LogP contribution is -2.31. The van der Waals surface area contributed by atoms with Crippen LogP contribution in [0.15, 0.2) is 18.3 Å². The number of pyridine rings is 1. The highest BCUT2D eigenvalue weighted by atomic mass is 16.6. The van der Waals surface area contributed by atoms with Gasteiger partial charge >= 0.3 is 5.82 Å². The standard InChI is InChI=1S/C11H16N4O2/c16-15(17)11-10(2-1-5-13-11)14-8-9-3-6-12-7-4-9/h1-2,5,9,12,14H,3-4,6-8H2. The van der Waals surface area contributed by atoms with Crippen LogP contribution >= 0.6 is 0 Å². The van der Waals surface area contributed by atoms with Crippen molar-refractivity contribution in [2.75, 3.05) is 25.0 Å². The maximum Gasteiger partial charge on any atom is 0.386 e. The molecule has 0 spiro atoms. The Morgan fingerprint density at radius 1 is 1.53 bits per heavy atom. The number of anilines is 1. The fraction of sp³-hybridized carbons (Fsp3) is 0.545. The molecule has 6 nitrogen and oxygen atoms in total. The summed E-state index contributed by atoms with van der Waals surface area (Å²) >= 11 is 0. The van der Waals surface area contributed by atoms with Crippen molar-refractivity contribution in [1.29, 1.82) is 0 Å². The molecule has 1 aliphatic heterocycles. The van der Waals surface area contributed by atoms with Crippen LogP contribution in [0.3, 0.4) is 0 Å². The van der Waals surface area contributed by atoms with Crippen molar-refractivity contribution in [2.24, 2.45) is 5.92 Å². The van der Waals surface area contributed by atoms with Crippen LogP contribution in [0.2, 0.25) is 0 Å². The Kier molecular flexibility index (Phi) is 3.87. The van der Waals surface area contributed by atoms with Gasteiger partial charge in [-0.3, -0.25) is 0 Å². The second-order valence-electron chi connectivity index (χ2n) is 4.21. The second-order valence-corrected chi connectivity index (χ2v) is 4.21. The zero-order valence-electron chi connectivity index (χ0n) is 9.56. The molecule has 1 fully saturated rings. The third kappa shape index (κ3) is 3.13. The van der Waals surface area contributed by atoms with Gasteiger partial charge in [0.25, 0.3) is 0 Å². The molecule has 1 aromatic rings. The Morgan fingerprint density at radius 2 is 2.29 bits per heavy atom. The quantitative estimate of drug-likeness (QED) is 0.610. The third-order valence-corrected chi connectivity index (χ3v) is 3.00. The first-order valence-electron chi connectivity index (χ1n) is 5.81. The summed E-state index contributed by atoms with van der Waals surface area (Å²) in [6.45, 7) is 2.83. The molecule has 1 aromatic heterocycles. The predicted octanol–water partition coefficient (Wildman–Crippen LogP) is 1.40. The van der Waals surface area contributed by atoms with Crippen LogP contribution in [0.4, 0.5) is 11.5 Å². The van der Waals surface area contributed by atoms with Crippen molar-refractivity contribution in [3.8, 4) is 0 Å². The molecular formula is C11H16N4O2. The first kappa shape index (κ1) is 11.8. The number of nitro groups is 1. The highest BCUT2D eigenvalue weighted by Gasteiger charge is 2.17. The Labute approximate surface area is 99.6 Å². The third-order valence-electron chi connectivity index (χ3n) is 3.00. The number of hydrogen-bond acceptors (Lipinski definition) is 5. The van der Waals surface area contributed by atoms with Gasteiger partial charge in [-0.2, -0.15) is 0 Å². The van der Waals surface area contributed by atoms with Gasteiger partial charge < -0.3 is 20.7 Å². The van der Waals surface area contributed by atoms with E-state index in [2.05, 4.69) is 15.6 Å². The minimum Gasteiger partial charge on any atom is -0.378 e. The molecule has 0 atom stereocenters. The average molecular weight is 236 g/mol. The summed E-state index contributed by atoms with van der Waals surface area (Å²) in [5.74, 6) is 0.484. The van der Waals surface area contributed by atoms with E-state index in [-0.39, 0.29) is 5.82 Å². The molecule has 0 bridgehead atoms. The SMILES string of the molecule is O=[N+]([O-])c1ncccc1NCC1CCNCC1. The number of piperidine rings is 1. The zero-order valence-corrected chi connectivity index (χ0v) is 9.56. The van der Waals surface area contributed by atoms with Crippen LogP contribution in [0.5, 0.6) is 0 Å². The molecule has 0 aliphatic carbocycles. The number of nitrogens with zero attached hydrogens (tertiary/aromatic N) is 2. The summed E-state index contributed by atoms with van der Waals surface area (Å²) in [5, 5.41) is 17.2. The molecule has 1 aliphatic rings. The molecule has 0 saturated carbocycles. The van der Waals surface area contributed by atoms with Crippen LogP contribution in [0.25, 0.3) is 0 Å². The van der Waals surface area contributed by atoms with Crippen molar-refractivity contribution >= 4 is 11.5 Å². The lowest BCUT2D eigenvalue weighted by Gasteiger charge is -2.22. The maximum atomic E-state index is 10.8. The van der Waals surface area contributed by atoms with Crippen molar-refractivity contribution in [1.82, 2.24) is 10.3 Å². The molecule has 17 heavy (non-hydrogen) atoms. The Morgan fingerprint density at radius 3 is 3.00 bits per heavy atom. The summed E-state index contributed by atoms with van der Waals surface area (Å²) < 4.78 is 0. The molecule has 0 aromatic carbocycles. The molecule has 0 unspecified atom stereocenters. The minimum atomic E-state index is -0.454. The molecule has 2 heterocycles. The maximum absolute atomic E-state index is 10.8. The molecular weight excluding hydrogens is 220 g/mol. The lowest BCUT2D eigenvalue weighted by molar-refractivity contribution is -0.388. The van der Waals surface area contributed by atoms with Crippen LogP contribution in [0, 0.1) is 16.0 Å². The van der Waals surface area contributed by atoms with E-state index in [1.165, 1.54) is 6.20 Å². The van der Waals surface area contributed by atoms with E-state index in [0.29, 0.717) is 11.6 Å². The van der Waals surface area contributed by atoms with E-state index in [0.717, 1.165) is 32.5 Å². The second kappa shape index (κ2) is 5.58. The number of nitrogens with one attached hydrogen (secondary N) is 2.